The summed E-state index contributed by atoms with van der Waals surface area (Å²) in [6.45, 7) is 6.57. The third-order valence-corrected chi connectivity index (χ3v) is 14.2. The van der Waals surface area contributed by atoms with Crippen molar-refractivity contribution >= 4 is 19.7 Å². The summed E-state index contributed by atoms with van der Waals surface area (Å²) in [5.74, 6) is -0.568. The van der Waals surface area contributed by atoms with Crippen LogP contribution in [0.1, 0.15) is 252 Å². The standard InChI is InChI=1S/C67H117N2O7P/c1-7-10-13-16-19-22-25-27-29-30-31-32-33-34-35-36-37-38-40-42-45-48-51-54-57-60-67(71)76-65(58-55-52-49-46-43-24-21-18-15-12-9-3)64(63-75-77(72,73)74-62-61-69(4,5)6)68-66(70)59-56-53-50-47-44-41-39-28-26-23-20-17-14-11-8-2/h10-11,13-14,17,19-20,22-23,26-27,29,31-32,34-35,55,58,64-65H,7-9,12,15-16,18,21,24-25,28,30,33,36-54,56-57,59-63H2,1-6H3,(H-,68,70,72,73)/b13-10-,14-11+,20-17+,22-19-,26-23+,29-27-,32-31-,35-34-,58-55-. The van der Waals surface area contributed by atoms with Crippen molar-refractivity contribution in [2.24, 2.45) is 0 Å². The van der Waals surface area contributed by atoms with E-state index in [4.69, 9.17) is 13.8 Å². The number of allylic oxidation sites excluding steroid dienone is 17. The van der Waals surface area contributed by atoms with E-state index >= 15 is 0 Å². The molecule has 10 heteroatoms. The number of likely N-dealkylation sites (N-methyl/N-ethyl adjacent to an activating group) is 1. The molecule has 3 unspecified atom stereocenters. The van der Waals surface area contributed by atoms with Crippen molar-refractivity contribution in [3.8, 4) is 0 Å². The highest BCUT2D eigenvalue weighted by molar-refractivity contribution is 7.45. The fourth-order valence-corrected chi connectivity index (χ4v) is 9.21. The first-order chi connectivity index (χ1) is 37.4. The van der Waals surface area contributed by atoms with Crippen molar-refractivity contribution in [3.05, 3.63) is 109 Å². The monoisotopic (exact) mass is 1090 g/mol. The Hall–Kier alpha value is -3.33. The Balaban J connectivity index is 5.16. The second-order valence-corrected chi connectivity index (χ2v) is 23.3. The largest absolute Gasteiger partial charge is 0.756 e. The van der Waals surface area contributed by atoms with E-state index in [-0.39, 0.29) is 24.9 Å². The van der Waals surface area contributed by atoms with E-state index in [1.54, 1.807) is 0 Å². The van der Waals surface area contributed by atoms with Crippen molar-refractivity contribution in [2.45, 2.75) is 264 Å². The Kier molecular flexibility index (Phi) is 53.5. The molecular formula is C67H117N2O7P. The first-order valence-corrected chi connectivity index (χ1v) is 32.7. The molecule has 0 aliphatic carbocycles. The van der Waals surface area contributed by atoms with E-state index in [1.165, 1.54) is 96.3 Å². The molecule has 1 N–H and O–H groups in total. The Morgan fingerprint density at radius 2 is 0.896 bits per heavy atom. The molecule has 0 aliphatic heterocycles. The molecule has 77 heavy (non-hydrogen) atoms. The maximum absolute atomic E-state index is 13.5. The summed E-state index contributed by atoms with van der Waals surface area (Å²) in [6.07, 6.45) is 76.3. The Labute approximate surface area is 474 Å². The summed E-state index contributed by atoms with van der Waals surface area (Å²) in [5.41, 5.74) is 0. The van der Waals surface area contributed by atoms with E-state index in [2.05, 4.69) is 123 Å². The SMILES string of the molecule is CC/C=C\C/C=C\C/C=C\C/C=C\C/C=C\CCCCCCCCCCCC(=O)OC(/C=C\CCCCCCCCCCC)C(COP(=O)([O-])OCC[N+](C)(C)C)NC(=O)CCCCCCCCC/C=C/C=C/C=C/CC. The van der Waals surface area contributed by atoms with Gasteiger partial charge in [-0.05, 0) is 96.0 Å². The molecule has 3 atom stereocenters. The highest BCUT2D eigenvalue weighted by Crippen LogP contribution is 2.38. The second kappa shape index (κ2) is 56.0. The molecule has 0 heterocycles. The molecule has 0 radical (unpaired) electrons. The van der Waals surface area contributed by atoms with Gasteiger partial charge >= 0.3 is 5.97 Å². The number of esters is 1. The number of hydrogen-bond donors (Lipinski definition) is 1. The highest BCUT2D eigenvalue weighted by Gasteiger charge is 2.27. The normalized spacial score (nSPS) is 14.4. The van der Waals surface area contributed by atoms with Crippen molar-refractivity contribution in [2.75, 3.05) is 40.9 Å². The molecule has 0 rings (SSSR count). The van der Waals surface area contributed by atoms with Gasteiger partial charge in [0.1, 0.15) is 19.3 Å². The third kappa shape index (κ3) is 57.2. The van der Waals surface area contributed by atoms with Crippen LogP contribution in [0.5, 0.6) is 0 Å². The average molecular weight is 1090 g/mol. The Morgan fingerprint density at radius 3 is 1.39 bits per heavy atom. The van der Waals surface area contributed by atoms with Gasteiger partial charge < -0.3 is 28.5 Å². The summed E-state index contributed by atoms with van der Waals surface area (Å²) in [4.78, 5) is 40.0. The number of carbonyl (C=O) groups is 2. The fourth-order valence-electron chi connectivity index (χ4n) is 8.49. The number of hydrogen-bond acceptors (Lipinski definition) is 7. The first-order valence-electron chi connectivity index (χ1n) is 31.2. The van der Waals surface area contributed by atoms with E-state index in [0.29, 0.717) is 17.4 Å². The smallest absolute Gasteiger partial charge is 0.306 e. The van der Waals surface area contributed by atoms with E-state index in [0.717, 1.165) is 122 Å². The van der Waals surface area contributed by atoms with Crippen molar-refractivity contribution < 1.29 is 37.3 Å². The summed E-state index contributed by atoms with van der Waals surface area (Å²) in [7, 11) is 1.16. The number of carbonyl (C=O) groups excluding carboxylic acids is 2. The van der Waals surface area contributed by atoms with Crippen molar-refractivity contribution in [1.29, 1.82) is 0 Å². The number of amides is 1. The van der Waals surface area contributed by atoms with Gasteiger partial charge in [0, 0.05) is 12.8 Å². The van der Waals surface area contributed by atoms with Crippen LogP contribution in [0.15, 0.2) is 109 Å². The summed E-state index contributed by atoms with van der Waals surface area (Å²) < 4.78 is 30.3. The zero-order valence-electron chi connectivity index (χ0n) is 50.4. The van der Waals surface area contributed by atoms with Gasteiger partial charge in [0.25, 0.3) is 7.82 Å². The minimum Gasteiger partial charge on any atom is -0.756 e. The van der Waals surface area contributed by atoms with Crippen LogP contribution in [0.3, 0.4) is 0 Å². The van der Waals surface area contributed by atoms with E-state index in [1.807, 2.05) is 33.3 Å². The molecule has 0 fully saturated rings. The third-order valence-electron chi connectivity index (χ3n) is 13.3. The quantitative estimate of drug-likeness (QED) is 0.0161. The molecule has 0 aromatic heterocycles. The Morgan fingerprint density at radius 1 is 0.481 bits per heavy atom. The van der Waals surface area contributed by atoms with Gasteiger partial charge in [0.05, 0.1) is 33.8 Å². The lowest BCUT2D eigenvalue weighted by atomic mass is 10.0. The van der Waals surface area contributed by atoms with Crippen LogP contribution in [0, 0.1) is 0 Å². The Bertz CT molecular complexity index is 1690. The van der Waals surface area contributed by atoms with Gasteiger partial charge in [0.2, 0.25) is 5.91 Å². The average Bonchev–Trinajstić information content (AvgIpc) is 3.39. The summed E-state index contributed by atoms with van der Waals surface area (Å²) in [5, 5.41) is 3.01. The topological polar surface area (TPSA) is 114 Å². The molecule has 0 aromatic carbocycles. The lowest BCUT2D eigenvalue weighted by molar-refractivity contribution is -0.870. The van der Waals surface area contributed by atoms with Crippen LogP contribution in [-0.4, -0.2) is 69.4 Å². The van der Waals surface area contributed by atoms with Gasteiger partial charge in [-0.1, -0.05) is 252 Å². The van der Waals surface area contributed by atoms with Gasteiger partial charge in [-0.3, -0.25) is 14.2 Å². The molecule has 0 spiro atoms. The van der Waals surface area contributed by atoms with Gasteiger partial charge in [-0.25, -0.2) is 0 Å². The fraction of sp³-hybridized carbons (Fsp3) is 0.701. The van der Waals surface area contributed by atoms with E-state index in [9.17, 15) is 19.0 Å². The van der Waals surface area contributed by atoms with Crippen LogP contribution in [-0.2, 0) is 27.9 Å². The van der Waals surface area contributed by atoms with Crippen molar-refractivity contribution in [3.63, 3.8) is 0 Å². The highest BCUT2D eigenvalue weighted by atomic mass is 31.2. The molecule has 0 aromatic rings. The van der Waals surface area contributed by atoms with Crippen LogP contribution in [0.25, 0.3) is 0 Å². The molecule has 0 saturated heterocycles. The van der Waals surface area contributed by atoms with Crippen LogP contribution < -0.4 is 10.2 Å². The lowest BCUT2D eigenvalue weighted by Gasteiger charge is -2.30. The van der Waals surface area contributed by atoms with Crippen LogP contribution in [0.4, 0.5) is 0 Å². The summed E-state index contributed by atoms with van der Waals surface area (Å²) in [6, 6.07) is -0.903. The number of ether oxygens (including phenoxy) is 1. The van der Waals surface area contributed by atoms with Gasteiger partial charge in [-0.2, -0.15) is 0 Å². The lowest BCUT2D eigenvalue weighted by Crippen LogP contribution is -2.47. The minimum atomic E-state index is -4.71. The number of nitrogens with zero attached hydrogens (tertiary/aromatic N) is 1. The maximum atomic E-state index is 13.5. The molecular weight excluding hydrogens is 976 g/mol. The van der Waals surface area contributed by atoms with Gasteiger partial charge in [0.15, 0.2) is 0 Å². The van der Waals surface area contributed by atoms with E-state index < -0.39 is 26.6 Å². The number of unbranched alkanes of at least 4 members (excludes halogenated alkanes) is 25. The minimum absolute atomic E-state index is 0.0311. The molecule has 9 nitrogen and oxygen atoms in total. The predicted molar refractivity (Wildman–Crippen MR) is 330 cm³/mol. The van der Waals surface area contributed by atoms with Crippen molar-refractivity contribution in [1.82, 2.24) is 5.32 Å². The van der Waals surface area contributed by atoms with Crippen LogP contribution in [0.2, 0.25) is 0 Å². The number of nitrogens with one attached hydrogen (secondary N) is 1. The second-order valence-electron chi connectivity index (χ2n) is 21.9. The summed E-state index contributed by atoms with van der Waals surface area (Å²) >= 11 is 0. The number of rotatable bonds is 55. The zero-order valence-corrected chi connectivity index (χ0v) is 51.3. The van der Waals surface area contributed by atoms with Crippen LogP contribution >= 0.6 is 7.82 Å². The van der Waals surface area contributed by atoms with Gasteiger partial charge in [-0.15, -0.1) is 0 Å². The number of phosphoric acid groups is 1. The number of phosphoric ester groups is 1. The maximum Gasteiger partial charge on any atom is 0.306 e. The predicted octanol–water partition coefficient (Wildman–Crippen LogP) is 18.7. The first kappa shape index (κ1) is 73.7. The number of quaternary nitrogens is 1. The molecule has 0 saturated carbocycles. The molecule has 0 aliphatic rings. The molecule has 0 bridgehead atoms. The molecule has 442 valence electrons. The molecule has 1 amide bonds. The zero-order chi connectivity index (χ0) is 56.4.